The van der Waals surface area contributed by atoms with Gasteiger partial charge in [0, 0.05) is 12.6 Å². The normalized spacial score (nSPS) is 9.81. The first kappa shape index (κ1) is 10.4. The van der Waals surface area contributed by atoms with Crippen molar-refractivity contribution < 1.29 is 4.79 Å². The third-order valence-corrected chi connectivity index (χ3v) is 2.28. The predicted octanol–water partition coefficient (Wildman–Crippen LogP) is 3.13. The minimum absolute atomic E-state index is 0.299. The predicted molar refractivity (Wildman–Crippen MR) is 65.9 cm³/mol. The largest absolute Gasteiger partial charge is 0.326 e. The van der Waals surface area contributed by atoms with Gasteiger partial charge in [0.05, 0.1) is 0 Å². The molecule has 0 saturated carbocycles. The molecule has 0 heterocycles. The van der Waals surface area contributed by atoms with Gasteiger partial charge in [0.15, 0.2) is 0 Å². The maximum absolute atomic E-state index is 10.7. The Morgan fingerprint density at radius 3 is 2.00 bits per heavy atom. The van der Waals surface area contributed by atoms with Crippen LogP contribution in [0.15, 0.2) is 54.6 Å². The van der Waals surface area contributed by atoms with Crippen molar-refractivity contribution in [2.45, 2.75) is 0 Å². The van der Waals surface area contributed by atoms with E-state index in [1.165, 1.54) is 0 Å². The molecule has 0 aliphatic rings. The Bertz CT molecular complexity index is 474. The fourth-order valence-corrected chi connectivity index (χ4v) is 1.54. The number of nitrogens with one attached hydrogen (secondary N) is 1. The highest BCUT2D eigenvalue weighted by Crippen LogP contribution is 2.20. The van der Waals surface area contributed by atoms with Crippen molar-refractivity contribution in [3.8, 4) is 11.1 Å². The number of benzene rings is 2. The molecule has 0 aliphatic heterocycles. The smallest absolute Gasteiger partial charge is 0.224 e. The van der Waals surface area contributed by atoms with Crippen LogP contribution in [0.3, 0.4) is 0 Å². The van der Waals surface area contributed by atoms with Crippen LogP contribution in [0.5, 0.6) is 0 Å². The van der Waals surface area contributed by atoms with Gasteiger partial charge in [0.1, 0.15) is 0 Å². The summed E-state index contributed by atoms with van der Waals surface area (Å²) in [6.07, 6.45) is 0. The van der Waals surface area contributed by atoms with E-state index in [1.807, 2.05) is 42.5 Å². The van der Waals surface area contributed by atoms with E-state index in [-0.39, 0.29) is 5.91 Å². The lowest BCUT2D eigenvalue weighted by Crippen LogP contribution is -2.05. The summed E-state index contributed by atoms with van der Waals surface area (Å²) in [5.41, 5.74) is 3.05. The number of amides is 1. The molecule has 2 aromatic carbocycles. The van der Waals surface area contributed by atoms with Crippen molar-refractivity contribution in [3.63, 3.8) is 0 Å². The lowest BCUT2D eigenvalue weighted by Gasteiger charge is -2.04. The average Bonchev–Trinajstić information content (AvgIpc) is 2.30. The van der Waals surface area contributed by atoms with Gasteiger partial charge >= 0.3 is 0 Å². The second kappa shape index (κ2) is 4.62. The molecule has 0 aliphatic carbocycles. The van der Waals surface area contributed by atoms with E-state index < -0.39 is 0 Å². The molecule has 2 nitrogen and oxygen atoms in total. The summed E-state index contributed by atoms with van der Waals surface area (Å²) in [6, 6.07) is 17.8. The van der Waals surface area contributed by atoms with E-state index >= 15 is 0 Å². The summed E-state index contributed by atoms with van der Waals surface area (Å²) in [6.45, 7) is 3.26. The lowest BCUT2D eigenvalue weighted by molar-refractivity contribution is -0.112. The molecule has 0 saturated heterocycles. The summed E-state index contributed by atoms with van der Waals surface area (Å²) in [5.74, 6) is -0.299. The van der Waals surface area contributed by atoms with Crippen LogP contribution < -0.4 is 5.32 Å². The third kappa shape index (κ3) is 2.48. The van der Waals surface area contributed by atoms with Crippen LogP contribution in [0.4, 0.5) is 5.69 Å². The van der Waals surface area contributed by atoms with Gasteiger partial charge in [-0.05, 0) is 23.3 Å². The molecule has 0 spiro atoms. The second-order valence-electron chi connectivity index (χ2n) is 3.49. The first-order chi connectivity index (χ1) is 7.75. The zero-order valence-corrected chi connectivity index (χ0v) is 8.81. The van der Waals surface area contributed by atoms with Gasteiger partial charge < -0.3 is 5.32 Å². The Morgan fingerprint density at radius 1 is 0.875 bits per heavy atom. The summed E-state index contributed by atoms with van der Waals surface area (Å²) in [5, 5.41) is 2.63. The summed E-state index contributed by atoms with van der Waals surface area (Å²) in [4.78, 5) is 10.7. The Morgan fingerprint density at radius 2 is 1.44 bits per heavy atom. The monoisotopic (exact) mass is 210 g/mol. The molecule has 2 aromatic rings. The molecule has 2 heteroatoms. The van der Waals surface area contributed by atoms with E-state index in [4.69, 9.17) is 0 Å². The molecular formula is C14H12NO. The third-order valence-electron chi connectivity index (χ3n) is 2.28. The van der Waals surface area contributed by atoms with Crippen LogP contribution >= 0.6 is 0 Å². The highest BCUT2D eigenvalue weighted by Gasteiger charge is 1.98. The first-order valence-corrected chi connectivity index (χ1v) is 5.04. The van der Waals surface area contributed by atoms with Crippen molar-refractivity contribution in [2.24, 2.45) is 0 Å². The molecule has 2 rings (SSSR count). The topological polar surface area (TPSA) is 29.1 Å². The van der Waals surface area contributed by atoms with E-state index in [9.17, 15) is 4.79 Å². The average molecular weight is 210 g/mol. The highest BCUT2D eigenvalue weighted by molar-refractivity contribution is 5.94. The van der Waals surface area contributed by atoms with Crippen molar-refractivity contribution in [2.75, 3.05) is 5.32 Å². The van der Waals surface area contributed by atoms with Crippen LogP contribution in [-0.4, -0.2) is 5.91 Å². The summed E-state index contributed by atoms with van der Waals surface area (Å²) in [7, 11) is 0. The highest BCUT2D eigenvalue weighted by atomic mass is 16.1. The van der Waals surface area contributed by atoms with Crippen LogP contribution in [-0.2, 0) is 4.79 Å². The second-order valence-corrected chi connectivity index (χ2v) is 3.49. The molecule has 0 aromatic heterocycles. The van der Waals surface area contributed by atoms with E-state index in [2.05, 4.69) is 24.4 Å². The maximum Gasteiger partial charge on any atom is 0.224 e. The zero-order valence-electron chi connectivity index (χ0n) is 8.81. The minimum Gasteiger partial charge on any atom is -0.326 e. The van der Waals surface area contributed by atoms with Gasteiger partial charge in [-0.3, -0.25) is 4.79 Å². The van der Waals surface area contributed by atoms with Crippen LogP contribution in [0.25, 0.3) is 11.1 Å². The van der Waals surface area contributed by atoms with E-state index in [0.717, 1.165) is 16.8 Å². The molecule has 0 unspecified atom stereocenters. The van der Waals surface area contributed by atoms with Crippen molar-refractivity contribution in [1.29, 1.82) is 0 Å². The minimum atomic E-state index is -0.299. The quantitative estimate of drug-likeness (QED) is 0.810. The Balaban J connectivity index is 2.23. The first-order valence-electron chi connectivity index (χ1n) is 5.04. The van der Waals surface area contributed by atoms with Crippen LogP contribution in [0, 0.1) is 6.92 Å². The van der Waals surface area contributed by atoms with Gasteiger partial charge in [-0.2, -0.15) is 0 Å². The van der Waals surface area contributed by atoms with Gasteiger partial charge in [-0.1, -0.05) is 42.5 Å². The number of carbonyl (C=O) groups excluding carboxylic acids is 1. The molecule has 16 heavy (non-hydrogen) atoms. The molecule has 0 fully saturated rings. The molecule has 0 bridgehead atoms. The Kier molecular flexibility index (Phi) is 3.01. The molecule has 0 atom stereocenters. The van der Waals surface area contributed by atoms with Crippen LogP contribution in [0.2, 0.25) is 0 Å². The SMILES string of the molecule is [CH2]C(=O)Nc1ccc(-c2ccccc2)cc1. The summed E-state index contributed by atoms with van der Waals surface area (Å²) >= 11 is 0. The van der Waals surface area contributed by atoms with Crippen molar-refractivity contribution in [1.82, 2.24) is 0 Å². The molecule has 79 valence electrons. The Labute approximate surface area is 94.9 Å². The van der Waals surface area contributed by atoms with E-state index in [0.29, 0.717) is 0 Å². The number of hydrogen-bond acceptors (Lipinski definition) is 1. The molecule has 1 amide bonds. The maximum atomic E-state index is 10.7. The van der Waals surface area contributed by atoms with Crippen molar-refractivity contribution >= 4 is 11.6 Å². The zero-order chi connectivity index (χ0) is 11.4. The van der Waals surface area contributed by atoms with E-state index in [1.54, 1.807) is 0 Å². The Hall–Kier alpha value is -2.09. The van der Waals surface area contributed by atoms with Gasteiger partial charge in [-0.25, -0.2) is 0 Å². The number of rotatable bonds is 2. The van der Waals surface area contributed by atoms with Gasteiger partial charge in [0.25, 0.3) is 0 Å². The molecule has 1 radical (unpaired) electrons. The number of anilines is 1. The summed E-state index contributed by atoms with van der Waals surface area (Å²) < 4.78 is 0. The van der Waals surface area contributed by atoms with Gasteiger partial charge in [-0.15, -0.1) is 0 Å². The number of carbonyl (C=O) groups is 1. The standard InChI is InChI=1S/C14H12NO/c1-11(16)15-14-9-7-13(8-10-14)12-5-3-2-4-6-12/h2-10H,1H2,(H,15,16). The van der Waals surface area contributed by atoms with Gasteiger partial charge in [0.2, 0.25) is 5.91 Å². The van der Waals surface area contributed by atoms with Crippen molar-refractivity contribution in [3.05, 3.63) is 61.5 Å². The van der Waals surface area contributed by atoms with Crippen LogP contribution in [0.1, 0.15) is 0 Å². The lowest BCUT2D eigenvalue weighted by atomic mass is 10.1. The molecule has 1 N–H and O–H groups in total. The number of hydrogen-bond donors (Lipinski definition) is 1. The molecular weight excluding hydrogens is 198 g/mol. The fraction of sp³-hybridized carbons (Fsp3) is 0. The fourth-order valence-electron chi connectivity index (χ4n) is 1.54.